The third-order valence-electron chi connectivity index (χ3n) is 1.69. The summed E-state index contributed by atoms with van der Waals surface area (Å²) in [5.74, 6) is -3.46. The number of rotatable bonds is 2. The molecule has 1 aromatic carbocycles. The van der Waals surface area contributed by atoms with Crippen LogP contribution in [0.25, 0.3) is 0 Å². The van der Waals surface area contributed by atoms with E-state index in [2.05, 4.69) is 9.89 Å². The molecule has 0 heterocycles. The van der Waals surface area contributed by atoms with E-state index in [1.165, 1.54) is 6.07 Å². The molecule has 0 aromatic heterocycles. The Balaban J connectivity index is 3.26. The molecule has 0 radical (unpaired) electrons. The fraction of sp³-hybridized carbons (Fsp3) is 0.111. The zero-order valence-electron chi connectivity index (χ0n) is 7.70. The molecule has 6 heteroatoms. The van der Waals surface area contributed by atoms with Gasteiger partial charge >= 0.3 is 5.97 Å². The smallest absolute Gasteiger partial charge is 0.360 e. The average molecular weight is 215 g/mol. The molecular formula is C9H7F2NO3. The van der Waals surface area contributed by atoms with Crippen molar-refractivity contribution in [3.63, 3.8) is 0 Å². The van der Waals surface area contributed by atoms with Gasteiger partial charge in [-0.15, -0.1) is 0 Å². The van der Waals surface area contributed by atoms with E-state index in [0.717, 1.165) is 19.2 Å². The molecule has 15 heavy (non-hydrogen) atoms. The highest BCUT2D eigenvalue weighted by atomic mass is 19.2. The lowest BCUT2D eigenvalue weighted by Gasteiger charge is -2.03. The summed E-state index contributed by atoms with van der Waals surface area (Å²) in [6, 6.07) is 3.16. The lowest BCUT2D eigenvalue weighted by Crippen LogP contribution is -2.19. The van der Waals surface area contributed by atoms with Crippen molar-refractivity contribution in [3.8, 4) is 0 Å². The van der Waals surface area contributed by atoms with Crippen molar-refractivity contribution in [2.45, 2.75) is 0 Å². The standard InChI is InChI=1S/C9H7F2NO3/c1-15-9(13)8(12-14)5-3-2-4-6(10)7(5)11/h2-4,14H,1H3/b12-8+. The summed E-state index contributed by atoms with van der Waals surface area (Å²) >= 11 is 0. The number of nitrogens with zero attached hydrogens (tertiary/aromatic N) is 1. The number of methoxy groups -OCH3 is 1. The number of halogens is 2. The van der Waals surface area contributed by atoms with Gasteiger partial charge in [-0.05, 0) is 12.1 Å². The summed E-state index contributed by atoms with van der Waals surface area (Å²) in [5.41, 5.74) is -1.14. The third-order valence-corrected chi connectivity index (χ3v) is 1.69. The molecule has 4 nitrogen and oxygen atoms in total. The summed E-state index contributed by atoms with van der Waals surface area (Å²) in [7, 11) is 1.03. The first-order valence-corrected chi connectivity index (χ1v) is 3.86. The number of carbonyl (C=O) groups excluding carboxylic acids is 1. The minimum absolute atomic E-state index is 0.454. The molecule has 80 valence electrons. The summed E-state index contributed by atoms with van der Waals surface area (Å²) in [6.45, 7) is 0. The number of benzene rings is 1. The van der Waals surface area contributed by atoms with Crippen molar-refractivity contribution in [2.24, 2.45) is 5.16 Å². The molecule has 0 amide bonds. The zero-order valence-corrected chi connectivity index (χ0v) is 7.70. The van der Waals surface area contributed by atoms with Crippen molar-refractivity contribution in [3.05, 3.63) is 35.4 Å². The second-order valence-electron chi connectivity index (χ2n) is 2.54. The van der Waals surface area contributed by atoms with E-state index in [4.69, 9.17) is 5.21 Å². The van der Waals surface area contributed by atoms with Gasteiger partial charge in [0.05, 0.1) is 7.11 Å². The molecule has 0 atom stereocenters. The molecule has 0 spiro atoms. The Morgan fingerprint density at radius 2 is 2.13 bits per heavy atom. The van der Waals surface area contributed by atoms with Crippen LogP contribution in [0.15, 0.2) is 23.4 Å². The summed E-state index contributed by atoms with van der Waals surface area (Å²) < 4.78 is 30.2. The van der Waals surface area contributed by atoms with E-state index in [1.807, 2.05) is 0 Å². The second-order valence-corrected chi connectivity index (χ2v) is 2.54. The maximum absolute atomic E-state index is 13.2. The summed E-state index contributed by atoms with van der Waals surface area (Å²) in [4.78, 5) is 11.0. The van der Waals surface area contributed by atoms with Crippen LogP contribution < -0.4 is 0 Å². The lowest BCUT2D eigenvalue weighted by atomic mass is 10.1. The van der Waals surface area contributed by atoms with Gasteiger partial charge in [0.1, 0.15) is 0 Å². The fourth-order valence-corrected chi connectivity index (χ4v) is 0.988. The molecule has 0 aliphatic carbocycles. The number of hydrogen-bond acceptors (Lipinski definition) is 4. The van der Waals surface area contributed by atoms with Crippen LogP contribution in [0, 0.1) is 11.6 Å². The Labute approximate surface area is 83.8 Å². The van der Waals surface area contributed by atoms with E-state index in [-0.39, 0.29) is 0 Å². The van der Waals surface area contributed by atoms with Crippen LogP contribution in [0.4, 0.5) is 8.78 Å². The van der Waals surface area contributed by atoms with E-state index < -0.39 is 28.9 Å². The first-order valence-electron chi connectivity index (χ1n) is 3.86. The minimum Gasteiger partial charge on any atom is -0.464 e. The van der Waals surface area contributed by atoms with Gasteiger partial charge in [-0.1, -0.05) is 11.2 Å². The molecule has 0 saturated carbocycles. The third kappa shape index (κ3) is 2.09. The van der Waals surface area contributed by atoms with Gasteiger partial charge in [-0.3, -0.25) is 0 Å². The Bertz CT molecular complexity index is 418. The molecule has 1 aromatic rings. The van der Waals surface area contributed by atoms with Crippen LogP contribution in [0.5, 0.6) is 0 Å². The topological polar surface area (TPSA) is 58.9 Å². The molecule has 0 saturated heterocycles. The predicted molar refractivity (Wildman–Crippen MR) is 46.7 cm³/mol. The molecular weight excluding hydrogens is 208 g/mol. The number of oxime groups is 1. The van der Waals surface area contributed by atoms with Crippen LogP contribution >= 0.6 is 0 Å². The minimum atomic E-state index is -1.27. The SMILES string of the molecule is COC(=O)/C(=N/O)c1cccc(F)c1F. The van der Waals surface area contributed by atoms with Crippen molar-refractivity contribution in [2.75, 3.05) is 7.11 Å². The Hall–Kier alpha value is -1.98. The van der Waals surface area contributed by atoms with Crippen LogP contribution in [0.2, 0.25) is 0 Å². The molecule has 0 aliphatic rings. The molecule has 0 bridgehead atoms. The van der Waals surface area contributed by atoms with Gasteiger partial charge in [0.25, 0.3) is 0 Å². The van der Waals surface area contributed by atoms with Crippen molar-refractivity contribution < 1.29 is 23.5 Å². The highest BCUT2D eigenvalue weighted by Crippen LogP contribution is 2.13. The van der Waals surface area contributed by atoms with E-state index in [9.17, 15) is 13.6 Å². The number of esters is 1. The molecule has 1 rings (SSSR count). The zero-order chi connectivity index (χ0) is 11.4. The van der Waals surface area contributed by atoms with E-state index in [0.29, 0.717) is 0 Å². The van der Waals surface area contributed by atoms with E-state index in [1.54, 1.807) is 0 Å². The fourth-order valence-electron chi connectivity index (χ4n) is 0.988. The van der Waals surface area contributed by atoms with Gasteiger partial charge in [-0.25, -0.2) is 13.6 Å². The highest BCUT2D eigenvalue weighted by molar-refractivity contribution is 6.43. The number of ether oxygens (including phenoxy) is 1. The van der Waals surface area contributed by atoms with E-state index >= 15 is 0 Å². The second kappa shape index (κ2) is 4.50. The largest absolute Gasteiger partial charge is 0.464 e. The predicted octanol–water partition coefficient (Wildman–Crippen LogP) is 1.32. The Kier molecular flexibility index (Phi) is 3.33. The van der Waals surface area contributed by atoms with Crippen LogP contribution in [0.3, 0.4) is 0 Å². The first kappa shape index (κ1) is 11.1. The highest BCUT2D eigenvalue weighted by Gasteiger charge is 2.21. The average Bonchev–Trinajstić information content (AvgIpc) is 2.24. The van der Waals surface area contributed by atoms with Gasteiger partial charge in [0.15, 0.2) is 17.3 Å². The van der Waals surface area contributed by atoms with Crippen LogP contribution in [-0.4, -0.2) is 24.0 Å². The molecule has 0 unspecified atom stereocenters. The van der Waals surface area contributed by atoms with Crippen molar-refractivity contribution >= 4 is 11.7 Å². The quantitative estimate of drug-likeness (QED) is 0.350. The number of hydrogen-bond donors (Lipinski definition) is 1. The van der Waals surface area contributed by atoms with Crippen LogP contribution in [-0.2, 0) is 9.53 Å². The Morgan fingerprint density at radius 1 is 1.47 bits per heavy atom. The van der Waals surface area contributed by atoms with Gasteiger partial charge in [0, 0.05) is 5.56 Å². The van der Waals surface area contributed by atoms with Gasteiger partial charge in [-0.2, -0.15) is 0 Å². The molecule has 0 aliphatic heterocycles. The van der Waals surface area contributed by atoms with Crippen LogP contribution in [0.1, 0.15) is 5.56 Å². The maximum Gasteiger partial charge on any atom is 0.360 e. The molecule has 1 N–H and O–H groups in total. The normalized spacial score (nSPS) is 11.3. The van der Waals surface area contributed by atoms with Gasteiger partial charge < -0.3 is 9.94 Å². The van der Waals surface area contributed by atoms with Crippen molar-refractivity contribution in [1.29, 1.82) is 0 Å². The summed E-state index contributed by atoms with van der Waals surface area (Å²) in [5, 5.41) is 11.1. The van der Waals surface area contributed by atoms with Crippen molar-refractivity contribution in [1.82, 2.24) is 0 Å². The van der Waals surface area contributed by atoms with Gasteiger partial charge in [0.2, 0.25) is 0 Å². The summed E-state index contributed by atoms with van der Waals surface area (Å²) in [6.07, 6.45) is 0. The maximum atomic E-state index is 13.2. The number of carbonyl (C=O) groups is 1. The monoisotopic (exact) mass is 215 g/mol. The lowest BCUT2D eigenvalue weighted by molar-refractivity contribution is -0.132. The molecule has 0 fully saturated rings. The Morgan fingerprint density at radius 3 is 2.67 bits per heavy atom. The first-order chi connectivity index (χ1) is 7.11.